The molecule has 0 aromatic rings. The predicted molar refractivity (Wildman–Crippen MR) is 27.0 cm³/mol. The van der Waals surface area contributed by atoms with Crippen molar-refractivity contribution in [2.24, 2.45) is 0 Å². The summed E-state index contributed by atoms with van der Waals surface area (Å²) in [6.07, 6.45) is 0. The second-order valence-electron chi connectivity index (χ2n) is 1.57. The minimum absolute atomic E-state index is 0.136. The van der Waals surface area contributed by atoms with Crippen LogP contribution in [0.2, 0.25) is 12.1 Å². The average molecular weight is 84.2 g/mol. The lowest BCUT2D eigenvalue weighted by atomic mass is 11.0. The van der Waals surface area contributed by atoms with Crippen molar-refractivity contribution in [3.63, 3.8) is 0 Å². The van der Waals surface area contributed by atoms with E-state index < -0.39 is 0 Å². The van der Waals surface area contributed by atoms with Gasteiger partial charge in [-0.1, -0.05) is 12.1 Å². The molecule has 0 nitrogen and oxygen atoms in total. The summed E-state index contributed by atoms with van der Waals surface area (Å²) in [4.78, 5) is 0. The quantitative estimate of drug-likeness (QED) is 0.415. The monoisotopic (exact) mass is 84.0 g/mol. The van der Waals surface area contributed by atoms with E-state index in [1.807, 2.05) is 0 Å². The van der Waals surface area contributed by atoms with Crippen molar-refractivity contribution < 1.29 is 0 Å². The van der Waals surface area contributed by atoms with Gasteiger partial charge in [0.25, 0.3) is 0 Å². The Morgan fingerprint density at radius 3 is 2.20 bits per heavy atom. The van der Waals surface area contributed by atoms with E-state index in [1.165, 1.54) is 12.1 Å². The summed E-state index contributed by atoms with van der Waals surface area (Å²) in [6, 6.07) is 3.06. The summed E-state index contributed by atoms with van der Waals surface area (Å²) >= 11 is 0. The summed E-state index contributed by atoms with van der Waals surface area (Å²) in [5.74, 6) is 0. The molecule has 1 saturated heterocycles. The van der Waals surface area contributed by atoms with Crippen LogP contribution in [-0.4, -0.2) is 8.80 Å². The lowest BCUT2D eigenvalue weighted by Gasteiger charge is -1.59. The van der Waals surface area contributed by atoms with Crippen LogP contribution in [0.4, 0.5) is 0 Å². The molecule has 0 saturated carbocycles. The molecule has 0 N–H and O–H groups in total. The van der Waals surface area contributed by atoms with Crippen molar-refractivity contribution in [1.29, 1.82) is 0 Å². The van der Waals surface area contributed by atoms with Gasteiger partial charge in [0.1, 0.15) is 0 Å². The molecule has 5 heavy (non-hydrogen) atoms. The molecule has 0 aliphatic carbocycles. The highest BCUT2D eigenvalue weighted by atomic mass is 28.3. The van der Waals surface area contributed by atoms with Gasteiger partial charge in [0, 0.05) is 0 Å². The Labute approximate surface area is 34.1 Å². The third-order valence-electron chi connectivity index (χ3n) is 0.955. The normalized spacial score (nSPS) is 22.4. The second-order valence-corrected chi connectivity index (χ2v) is 4.72. The molecule has 0 unspecified atom stereocenters. The third kappa shape index (κ3) is 0.617. The first-order chi connectivity index (χ1) is 2.43. The van der Waals surface area contributed by atoms with Crippen molar-refractivity contribution in [2.45, 2.75) is 12.1 Å². The van der Waals surface area contributed by atoms with Gasteiger partial charge in [0.15, 0.2) is 0 Å². The highest BCUT2D eigenvalue weighted by molar-refractivity contribution is 6.74. The van der Waals surface area contributed by atoms with Gasteiger partial charge in [-0.25, -0.2) is 0 Å². The van der Waals surface area contributed by atoms with E-state index in [1.54, 1.807) is 0 Å². The molecule has 1 heteroatoms. The highest BCUT2D eigenvalue weighted by Gasteiger charge is 2.17. The third-order valence-corrected chi connectivity index (χ3v) is 2.87. The molecule has 1 fully saturated rings. The first kappa shape index (κ1) is 3.16. The Kier molecular flexibility index (Phi) is 0.616. The van der Waals surface area contributed by atoms with Crippen LogP contribution in [0.25, 0.3) is 0 Å². The molecule has 1 rings (SSSR count). The summed E-state index contributed by atoms with van der Waals surface area (Å²) in [7, 11) is -0.136. The lowest BCUT2D eigenvalue weighted by molar-refractivity contribution is 1.69. The maximum Gasteiger partial charge on any atom is 0.0601 e. The maximum absolute atomic E-state index is 3.68. The first-order valence-corrected chi connectivity index (χ1v) is 4.36. The zero-order chi connectivity index (χ0) is 3.70. The van der Waals surface area contributed by atoms with Crippen molar-refractivity contribution >= 4 is 8.80 Å². The molecule has 0 aromatic heterocycles. The number of hydrogen-bond donors (Lipinski definition) is 0. The van der Waals surface area contributed by atoms with Crippen molar-refractivity contribution in [1.82, 2.24) is 0 Å². The molecule has 0 radical (unpaired) electrons. The molecule has 28 valence electrons. The number of hydrogen-bond acceptors (Lipinski definition) is 0. The van der Waals surface area contributed by atoms with Crippen LogP contribution in [0.15, 0.2) is 12.3 Å². The Morgan fingerprint density at radius 1 is 1.60 bits per heavy atom. The Hall–Kier alpha value is -0.0431. The van der Waals surface area contributed by atoms with Gasteiger partial charge < -0.3 is 0 Å². The van der Waals surface area contributed by atoms with Crippen LogP contribution in [0.3, 0.4) is 0 Å². The minimum atomic E-state index is -0.136. The lowest BCUT2D eigenvalue weighted by Crippen LogP contribution is -1.70. The molecule has 1 heterocycles. The van der Waals surface area contributed by atoms with Gasteiger partial charge in [-0.3, -0.25) is 0 Å². The Bertz CT molecular complexity index is 45.6. The molecular formula is C4H8Si. The van der Waals surface area contributed by atoms with Crippen LogP contribution < -0.4 is 0 Å². The molecular weight excluding hydrogens is 76.1 g/mol. The summed E-state index contributed by atoms with van der Waals surface area (Å²) in [6.45, 7) is 3.68. The van der Waals surface area contributed by atoms with E-state index >= 15 is 0 Å². The van der Waals surface area contributed by atoms with Crippen molar-refractivity contribution in [2.75, 3.05) is 0 Å². The van der Waals surface area contributed by atoms with Crippen LogP contribution in [-0.2, 0) is 0 Å². The fourth-order valence-electron chi connectivity index (χ4n) is 0.332. The first-order valence-electron chi connectivity index (χ1n) is 2.06. The van der Waals surface area contributed by atoms with Gasteiger partial charge in [-0.2, -0.15) is 0 Å². The summed E-state index contributed by atoms with van der Waals surface area (Å²) in [5, 5.41) is 0. The van der Waals surface area contributed by atoms with E-state index in [-0.39, 0.29) is 8.80 Å². The van der Waals surface area contributed by atoms with Gasteiger partial charge in [-0.05, 0) is 0 Å². The average Bonchev–Trinajstić information content (AvgIpc) is 2.12. The molecule has 0 atom stereocenters. The molecule has 0 bridgehead atoms. The highest BCUT2D eigenvalue weighted by Crippen LogP contribution is 2.20. The molecule has 0 aromatic carbocycles. The van der Waals surface area contributed by atoms with Gasteiger partial charge in [0.05, 0.1) is 8.80 Å². The Balaban J connectivity index is 2.21. The van der Waals surface area contributed by atoms with Crippen LogP contribution in [0.5, 0.6) is 0 Å². The minimum Gasteiger partial charge on any atom is -0.107 e. The number of rotatable bonds is 1. The van der Waals surface area contributed by atoms with Gasteiger partial charge in [-0.15, -0.1) is 12.3 Å². The van der Waals surface area contributed by atoms with Crippen LogP contribution in [0.1, 0.15) is 0 Å². The van der Waals surface area contributed by atoms with E-state index in [4.69, 9.17) is 0 Å². The fourth-order valence-corrected chi connectivity index (χ4v) is 1.57. The molecule has 1 aliphatic heterocycles. The van der Waals surface area contributed by atoms with Crippen molar-refractivity contribution in [3.05, 3.63) is 12.3 Å². The SMILES string of the molecule is C=C[SiH]1CC1. The Morgan fingerprint density at radius 2 is 2.20 bits per heavy atom. The zero-order valence-corrected chi connectivity index (χ0v) is 4.43. The van der Waals surface area contributed by atoms with E-state index in [9.17, 15) is 0 Å². The van der Waals surface area contributed by atoms with Crippen LogP contribution >= 0.6 is 0 Å². The topological polar surface area (TPSA) is 0 Å². The van der Waals surface area contributed by atoms with E-state index in [2.05, 4.69) is 12.3 Å². The van der Waals surface area contributed by atoms with E-state index in [0.29, 0.717) is 0 Å². The molecule has 1 aliphatic rings. The van der Waals surface area contributed by atoms with Crippen molar-refractivity contribution in [3.8, 4) is 0 Å². The fraction of sp³-hybridized carbons (Fsp3) is 0.500. The second kappa shape index (κ2) is 0.975. The standard InChI is InChI=1S/C4H8Si/c1-2-5-3-4-5/h2,5H,1,3-4H2. The summed E-state index contributed by atoms with van der Waals surface area (Å²) < 4.78 is 0. The predicted octanol–water partition coefficient (Wildman–Crippen LogP) is 0.952. The maximum atomic E-state index is 3.68. The molecule has 0 spiro atoms. The summed E-state index contributed by atoms with van der Waals surface area (Å²) in [5.41, 5.74) is 2.17. The zero-order valence-electron chi connectivity index (χ0n) is 3.28. The van der Waals surface area contributed by atoms with E-state index in [0.717, 1.165) is 0 Å². The smallest absolute Gasteiger partial charge is 0.0601 e. The van der Waals surface area contributed by atoms with Gasteiger partial charge in [0.2, 0.25) is 0 Å². The largest absolute Gasteiger partial charge is 0.107 e. The van der Waals surface area contributed by atoms with Crippen LogP contribution in [0, 0.1) is 0 Å². The van der Waals surface area contributed by atoms with Gasteiger partial charge >= 0.3 is 0 Å². The molecule has 0 amide bonds.